The van der Waals surface area contributed by atoms with Gasteiger partial charge in [-0.2, -0.15) is 0 Å². The third-order valence-electron chi connectivity index (χ3n) is 6.17. The summed E-state index contributed by atoms with van der Waals surface area (Å²) in [6.45, 7) is 14.7. The summed E-state index contributed by atoms with van der Waals surface area (Å²) in [7, 11) is 0. The van der Waals surface area contributed by atoms with Gasteiger partial charge in [-0.05, 0) is 19.8 Å². The minimum absolute atomic E-state index is 0.139. The zero-order valence-corrected chi connectivity index (χ0v) is 28.9. The molecule has 0 radical (unpaired) electrons. The van der Waals surface area contributed by atoms with Gasteiger partial charge in [-0.15, -0.1) is 0 Å². The molecule has 0 amide bonds. The SMILES string of the molecule is CC(O)CO.CCCCCCCC.CCCCCCCC.CCCCCCCC(=O)O.CCCCCCCC(=O)O. The number of carbonyl (C=O) groups is 2. The van der Waals surface area contributed by atoms with Crippen LogP contribution in [0.5, 0.6) is 0 Å². The van der Waals surface area contributed by atoms with Crippen molar-refractivity contribution in [1.82, 2.24) is 0 Å². The Labute approximate surface area is 257 Å². The smallest absolute Gasteiger partial charge is 0.303 e. The van der Waals surface area contributed by atoms with Crippen molar-refractivity contribution in [1.29, 1.82) is 0 Å². The van der Waals surface area contributed by atoms with Gasteiger partial charge >= 0.3 is 11.9 Å². The summed E-state index contributed by atoms with van der Waals surface area (Å²) in [6, 6.07) is 0. The molecule has 41 heavy (non-hydrogen) atoms. The van der Waals surface area contributed by atoms with E-state index in [0.717, 1.165) is 25.7 Å². The molecule has 0 spiro atoms. The largest absolute Gasteiger partial charge is 0.481 e. The number of rotatable bonds is 23. The topological polar surface area (TPSA) is 115 Å². The van der Waals surface area contributed by atoms with Crippen molar-refractivity contribution in [3.63, 3.8) is 0 Å². The fraction of sp³-hybridized carbons (Fsp3) is 0.943. The molecule has 0 heterocycles. The number of aliphatic hydroxyl groups is 2. The summed E-state index contributed by atoms with van der Waals surface area (Å²) in [6.07, 6.45) is 28.2. The van der Waals surface area contributed by atoms with Gasteiger partial charge in [-0.3, -0.25) is 9.59 Å². The lowest BCUT2D eigenvalue weighted by Gasteiger charge is -1.95. The van der Waals surface area contributed by atoms with Crippen LogP contribution in [-0.2, 0) is 9.59 Å². The summed E-state index contributed by atoms with van der Waals surface area (Å²) in [5.74, 6) is -1.34. The predicted molar refractivity (Wildman–Crippen MR) is 179 cm³/mol. The average Bonchev–Trinajstić information content (AvgIpc) is 2.94. The molecule has 0 rings (SSSR count). The molecular formula is C35H76O6. The number of hydrogen-bond acceptors (Lipinski definition) is 4. The summed E-state index contributed by atoms with van der Waals surface area (Å²) in [5, 5.41) is 32.5. The van der Waals surface area contributed by atoms with E-state index in [1.807, 2.05) is 0 Å². The molecular weight excluding hydrogens is 516 g/mol. The Balaban J connectivity index is -0.000000134. The molecule has 0 aromatic rings. The van der Waals surface area contributed by atoms with Gasteiger partial charge in [0.25, 0.3) is 0 Å². The number of aliphatic hydroxyl groups excluding tert-OH is 2. The number of carboxylic acids is 2. The fourth-order valence-electron chi connectivity index (χ4n) is 3.47. The Kier molecular flexibility index (Phi) is 62.3. The predicted octanol–water partition coefficient (Wildman–Crippen LogP) is 11.0. The van der Waals surface area contributed by atoms with E-state index in [1.165, 1.54) is 122 Å². The zero-order valence-electron chi connectivity index (χ0n) is 28.9. The quantitative estimate of drug-likeness (QED) is 0.0877. The van der Waals surface area contributed by atoms with Gasteiger partial charge in [0.15, 0.2) is 0 Å². The zero-order chi connectivity index (χ0) is 32.4. The van der Waals surface area contributed by atoms with E-state index in [-0.39, 0.29) is 6.61 Å². The Morgan fingerprint density at radius 3 is 0.732 bits per heavy atom. The molecule has 0 saturated heterocycles. The van der Waals surface area contributed by atoms with E-state index in [4.69, 9.17) is 20.4 Å². The highest BCUT2D eigenvalue weighted by Crippen LogP contribution is 2.06. The molecule has 0 fully saturated rings. The molecule has 0 aliphatic heterocycles. The van der Waals surface area contributed by atoms with Crippen LogP contribution in [0, 0.1) is 0 Å². The van der Waals surface area contributed by atoms with Gasteiger partial charge in [0.05, 0.1) is 12.7 Å². The van der Waals surface area contributed by atoms with Crippen LogP contribution in [0.4, 0.5) is 0 Å². The van der Waals surface area contributed by atoms with E-state index in [1.54, 1.807) is 0 Å². The first-order valence-electron chi connectivity index (χ1n) is 17.4. The second-order valence-corrected chi connectivity index (χ2v) is 11.0. The lowest BCUT2D eigenvalue weighted by molar-refractivity contribution is -0.138. The van der Waals surface area contributed by atoms with E-state index < -0.39 is 18.0 Å². The van der Waals surface area contributed by atoms with Crippen LogP contribution < -0.4 is 0 Å². The number of aliphatic carboxylic acids is 2. The normalized spacial score (nSPS) is 10.4. The van der Waals surface area contributed by atoms with Crippen molar-refractivity contribution >= 4 is 11.9 Å². The van der Waals surface area contributed by atoms with Crippen LogP contribution in [0.15, 0.2) is 0 Å². The standard InChI is InChI=1S/2C8H16O2.2C8H18.C3H8O2/c2*1-2-3-4-5-6-7-8(9)10;2*1-3-5-7-8-6-4-2;1-3(5)2-4/h2*2-7H2,1H3,(H,9,10);2*3-8H2,1-2H3;3-5H,2H2,1H3. The average molecular weight is 593 g/mol. The lowest BCUT2D eigenvalue weighted by atomic mass is 10.1. The number of carboxylic acid groups (broad SMARTS) is 2. The minimum Gasteiger partial charge on any atom is -0.481 e. The molecule has 4 N–H and O–H groups in total. The monoisotopic (exact) mass is 593 g/mol. The van der Waals surface area contributed by atoms with Crippen LogP contribution in [-0.4, -0.2) is 45.1 Å². The van der Waals surface area contributed by atoms with Gasteiger partial charge in [-0.1, -0.05) is 170 Å². The van der Waals surface area contributed by atoms with Crippen LogP contribution >= 0.6 is 0 Å². The van der Waals surface area contributed by atoms with Crippen molar-refractivity contribution in [3.8, 4) is 0 Å². The molecule has 0 aliphatic rings. The van der Waals surface area contributed by atoms with Gasteiger partial charge in [0.2, 0.25) is 0 Å². The molecule has 1 unspecified atom stereocenters. The van der Waals surface area contributed by atoms with E-state index in [9.17, 15) is 9.59 Å². The molecule has 0 saturated carbocycles. The molecule has 6 heteroatoms. The van der Waals surface area contributed by atoms with Crippen LogP contribution in [0.1, 0.15) is 203 Å². The molecule has 1 atom stereocenters. The van der Waals surface area contributed by atoms with Crippen LogP contribution in [0.25, 0.3) is 0 Å². The highest BCUT2D eigenvalue weighted by atomic mass is 16.4. The molecule has 6 nitrogen and oxygen atoms in total. The second kappa shape index (κ2) is 51.6. The van der Waals surface area contributed by atoms with Crippen molar-refractivity contribution in [2.75, 3.05) is 6.61 Å². The van der Waals surface area contributed by atoms with E-state index in [0.29, 0.717) is 12.8 Å². The Morgan fingerprint density at radius 1 is 0.439 bits per heavy atom. The maximum Gasteiger partial charge on any atom is 0.303 e. The second-order valence-electron chi connectivity index (χ2n) is 11.0. The molecule has 0 aliphatic carbocycles. The van der Waals surface area contributed by atoms with Gasteiger partial charge < -0.3 is 20.4 Å². The molecule has 0 aromatic heterocycles. The Hall–Kier alpha value is -1.14. The molecule has 0 aromatic carbocycles. The summed E-state index contributed by atoms with van der Waals surface area (Å²) in [4.78, 5) is 20.1. The third-order valence-corrected chi connectivity index (χ3v) is 6.17. The van der Waals surface area contributed by atoms with Crippen LogP contribution in [0.2, 0.25) is 0 Å². The first kappa shape index (κ1) is 49.5. The first-order valence-corrected chi connectivity index (χ1v) is 17.4. The minimum atomic E-state index is -0.670. The highest BCUT2D eigenvalue weighted by Gasteiger charge is 1.95. The van der Waals surface area contributed by atoms with E-state index >= 15 is 0 Å². The molecule has 252 valence electrons. The van der Waals surface area contributed by atoms with Gasteiger partial charge in [-0.25, -0.2) is 0 Å². The van der Waals surface area contributed by atoms with Crippen molar-refractivity contribution in [2.24, 2.45) is 0 Å². The summed E-state index contributed by atoms with van der Waals surface area (Å²) in [5.41, 5.74) is 0. The highest BCUT2D eigenvalue weighted by molar-refractivity contribution is 5.66. The first-order chi connectivity index (χ1) is 19.6. The summed E-state index contributed by atoms with van der Waals surface area (Å²) < 4.78 is 0. The van der Waals surface area contributed by atoms with Crippen molar-refractivity contribution in [3.05, 3.63) is 0 Å². The number of hydrogen-bond donors (Lipinski definition) is 4. The van der Waals surface area contributed by atoms with Crippen molar-refractivity contribution < 1.29 is 30.0 Å². The lowest BCUT2D eigenvalue weighted by Crippen LogP contribution is -2.03. The Morgan fingerprint density at radius 2 is 0.610 bits per heavy atom. The Bertz CT molecular complexity index is 392. The maximum atomic E-state index is 10.0. The van der Waals surface area contributed by atoms with E-state index in [2.05, 4.69) is 41.5 Å². The van der Waals surface area contributed by atoms with Gasteiger partial charge in [0, 0.05) is 12.8 Å². The summed E-state index contributed by atoms with van der Waals surface area (Å²) >= 11 is 0. The maximum absolute atomic E-state index is 10.0. The molecule has 0 bridgehead atoms. The third kappa shape index (κ3) is 85.4. The number of unbranched alkanes of at least 4 members (excludes halogenated alkanes) is 18. The van der Waals surface area contributed by atoms with Gasteiger partial charge in [0.1, 0.15) is 0 Å². The fourth-order valence-corrected chi connectivity index (χ4v) is 3.47. The van der Waals surface area contributed by atoms with Crippen LogP contribution in [0.3, 0.4) is 0 Å². The van der Waals surface area contributed by atoms with Crippen molar-refractivity contribution in [2.45, 2.75) is 209 Å².